The molecule has 2 aromatic rings. The largest absolute Gasteiger partial charge is 0.508 e. The SMILES string of the molecule is C=C1NC2=C(S1)[C@@H](c1ccc(O)cc1)[C@@H]1[C@@H]3C[C@H]([C@@H]1S2)[C@@H]1C(=O)N(c2ccccc2)C(=O)[C@H]31. The zero-order chi connectivity index (χ0) is 22.4. The Morgan fingerprint density at radius 3 is 2.39 bits per heavy atom. The smallest absolute Gasteiger partial charge is 0.238 e. The topological polar surface area (TPSA) is 69.6 Å². The van der Waals surface area contributed by atoms with Gasteiger partial charge in [0.2, 0.25) is 11.8 Å². The molecule has 7 atom stereocenters. The molecule has 2 saturated carbocycles. The number of hydrogen-bond donors (Lipinski definition) is 2. The van der Waals surface area contributed by atoms with Gasteiger partial charge in [0, 0.05) is 16.1 Å². The highest BCUT2D eigenvalue weighted by Gasteiger charge is 2.69. The minimum absolute atomic E-state index is 0.0260. The second-order valence-corrected chi connectivity index (χ2v) is 11.9. The molecule has 3 heterocycles. The fourth-order valence-corrected chi connectivity index (χ4v) is 9.96. The monoisotopic (exact) mass is 474 g/mol. The van der Waals surface area contributed by atoms with Crippen LogP contribution in [-0.4, -0.2) is 22.2 Å². The molecule has 2 amide bonds. The minimum Gasteiger partial charge on any atom is -0.508 e. The molecule has 0 spiro atoms. The van der Waals surface area contributed by atoms with Crippen molar-refractivity contribution >= 4 is 41.0 Å². The standard InChI is InChI=1S/C26H22N2O3S2/c1-12-27-24-23(32-12)18(13-7-9-15(29)10-8-13)19-16-11-17(22(19)33-24)21-20(16)25(30)28(26(21)31)14-5-3-2-4-6-14/h2-10,16-22,27,29H,1,11H2/t16-,17-,18-,19-,20+,21-,22-/m0/s1. The molecule has 7 rings (SSSR count). The fraction of sp³-hybridized carbons (Fsp3) is 0.308. The molecule has 7 heteroatoms. The maximum absolute atomic E-state index is 13.7. The molecule has 166 valence electrons. The summed E-state index contributed by atoms with van der Waals surface area (Å²) in [5, 5.41) is 15.7. The van der Waals surface area contributed by atoms with Crippen LogP contribution in [0, 0.1) is 29.6 Å². The number of nitrogens with one attached hydrogen (secondary N) is 1. The van der Waals surface area contributed by atoms with Crippen LogP contribution in [0.15, 0.2) is 76.1 Å². The van der Waals surface area contributed by atoms with Gasteiger partial charge in [0.15, 0.2) is 0 Å². The molecule has 0 radical (unpaired) electrons. The number of rotatable bonds is 2. The van der Waals surface area contributed by atoms with Crippen LogP contribution in [0.2, 0.25) is 0 Å². The molecule has 3 fully saturated rings. The second kappa shape index (κ2) is 6.93. The fourth-order valence-electron chi connectivity index (χ4n) is 6.97. The van der Waals surface area contributed by atoms with E-state index in [1.54, 1.807) is 23.9 Å². The zero-order valence-corrected chi connectivity index (χ0v) is 19.3. The number of allylic oxidation sites excluding steroid dienone is 1. The molecule has 33 heavy (non-hydrogen) atoms. The van der Waals surface area contributed by atoms with Gasteiger partial charge >= 0.3 is 0 Å². The summed E-state index contributed by atoms with van der Waals surface area (Å²) >= 11 is 3.53. The number of thioether (sulfide) groups is 2. The van der Waals surface area contributed by atoms with E-state index in [-0.39, 0.29) is 58.3 Å². The van der Waals surface area contributed by atoms with Crippen LogP contribution >= 0.6 is 23.5 Å². The van der Waals surface area contributed by atoms with E-state index in [1.165, 1.54) is 9.81 Å². The Balaban J connectivity index is 1.31. The summed E-state index contributed by atoms with van der Waals surface area (Å²) in [7, 11) is 0. The van der Waals surface area contributed by atoms with Crippen LogP contribution < -0.4 is 10.2 Å². The van der Waals surface area contributed by atoms with E-state index in [2.05, 4.69) is 11.9 Å². The molecule has 2 aliphatic carbocycles. The predicted octanol–water partition coefficient (Wildman–Crippen LogP) is 4.64. The molecule has 0 aromatic heterocycles. The number of hydrogen-bond acceptors (Lipinski definition) is 6. The Kier molecular flexibility index (Phi) is 4.16. The number of carbonyl (C=O) groups excluding carboxylic acids is 2. The molecule has 5 aliphatic rings. The van der Waals surface area contributed by atoms with Crippen molar-refractivity contribution in [2.24, 2.45) is 29.6 Å². The van der Waals surface area contributed by atoms with Crippen molar-refractivity contribution in [3.8, 4) is 5.75 Å². The van der Waals surface area contributed by atoms with E-state index >= 15 is 0 Å². The minimum atomic E-state index is -0.242. The summed E-state index contributed by atoms with van der Waals surface area (Å²) in [6, 6.07) is 16.8. The summed E-state index contributed by atoms with van der Waals surface area (Å²) < 4.78 is 0. The van der Waals surface area contributed by atoms with Crippen LogP contribution in [0.4, 0.5) is 5.69 Å². The molecule has 2 aromatic carbocycles. The van der Waals surface area contributed by atoms with Gasteiger partial charge < -0.3 is 10.4 Å². The van der Waals surface area contributed by atoms with E-state index in [9.17, 15) is 14.7 Å². The van der Waals surface area contributed by atoms with Gasteiger partial charge in [-0.2, -0.15) is 0 Å². The van der Waals surface area contributed by atoms with Crippen molar-refractivity contribution in [3.63, 3.8) is 0 Å². The van der Waals surface area contributed by atoms with Gasteiger partial charge in [0.25, 0.3) is 0 Å². The number of amides is 2. The van der Waals surface area contributed by atoms with E-state index in [4.69, 9.17) is 0 Å². The quantitative estimate of drug-likeness (QED) is 0.618. The molecule has 2 bridgehead atoms. The average molecular weight is 475 g/mol. The Morgan fingerprint density at radius 2 is 1.67 bits per heavy atom. The number of nitrogens with zero attached hydrogens (tertiary/aromatic N) is 1. The Morgan fingerprint density at radius 1 is 0.970 bits per heavy atom. The highest BCUT2D eigenvalue weighted by molar-refractivity contribution is 8.10. The van der Waals surface area contributed by atoms with Crippen molar-refractivity contribution in [1.82, 2.24) is 5.32 Å². The van der Waals surface area contributed by atoms with Crippen LogP contribution in [-0.2, 0) is 9.59 Å². The van der Waals surface area contributed by atoms with Crippen molar-refractivity contribution in [2.75, 3.05) is 4.90 Å². The van der Waals surface area contributed by atoms with Gasteiger partial charge in [-0.3, -0.25) is 14.5 Å². The summed E-state index contributed by atoms with van der Waals surface area (Å²) in [6.07, 6.45) is 0.929. The predicted molar refractivity (Wildman–Crippen MR) is 130 cm³/mol. The lowest BCUT2D eigenvalue weighted by atomic mass is 9.68. The lowest BCUT2D eigenvalue weighted by molar-refractivity contribution is -0.123. The molecule has 5 nitrogen and oxygen atoms in total. The van der Waals surface area contributed by atoms with Crippen LogP contribution in [0.3, 0.4) is 0 Å². The summed E-state index contributed by atoms with van der Waals surface area (Å²) in [5.41, 5.74) is 1.83. The number of fused-ring (bicyclic) bond motifs is 8. The summed E-state index contributed by atoms with van der Waals surface area (Å²) in [4.78, 5) is 29.9. The van der Waals surface area contributed by atoms with E-state index < -0.39 is 0 Å². The average Bonchev–Trinajstić information content (AvgIpc) is 3.54. The maximum Gasteiger partial charge on any atom is 0.238 e. The first-order valence-electron chi connectivity index (χ1n) is 11.3. The highest BCUT2D eigenvalue weighted by atomic mass is 32.2. The molecular weight excluding hydrogens is 452 g/mol. The first-order chi connectivity index (χ1) is 16.0. The third kappa shape index (κ3) is 2.63. The molecule has 1 saturated heterocycles. The number of aromatic hydroxyl groups is 1. The molecule has 2 N–H and O–H groups in total. The zero-order valence-electron chi connectivity index (χ0n) is 17.7. The van der Waals surface area contributed by atoms with Crippen LogP contribution in [0.1, 0.15) is 17.9 Å². The highest BCUT2D eigenvalue weighted by Crippen LogP contribution is 2.70. The number of para-hydroxylation sites is 1. The second-order valence-electron chi connectivity index (χ2n) is 9.54. The van der Waals surface area contributed by atoms with Crippen molar-refractivity contribution < 1.29 is 14.7 Å². The van der Waals surface area contributed by atoms with Gasteiger partial charge in [-0.25, -0.2) is 0 Å². The van der Waals surface area contributed by atoms with Gasteiger partial charge in [0.05, 0.1) is 27.6 Å². The van der Waals surface area contributed by atoms with E-state index in [1.807, 2.05) is 54.2 Å². The van der Waals surface area contributed by atoms with E-state index in [0.717, 1.165) is 22.0 Å². The number of carbonyl (C=O) groups is 2. The Labute approximate surface area is 200 Å². The van der Waals surface area contributed by atoms with Gasteiger partial charge in [0.1, 0.15) is 5.75 Å². The third-order valence-electron chi connectivity index (χ3n) is 8.06. The van der Waals surface area contributed by atoms with Gasteiger partial charge in [-0.1, -0.05) is 48.7 Å². The molecule has 3 aliphatic heterocycles. The lowest BCUT2D eigenvalue weighted by Crippen LogP contribution is -2.43. The van der Waals surface area contributed by atoms with Crippen molar-refractivity contribution in [3.05, 3.63) is 81.7 Å². The number of benzene rings is 2. The van der Waals surface area contributed by atoms with Crippen LogP contribution in [0.5, 0.6) is 5.75 Å². The first kappa shape index (κ1) is 19.8. The number of phenols is 1. The number of anilines is 1. The number of imide groups is 1. The first-order valence-corrected chi connectivity index (χ1v) is 13.0. The Bertz CT molecular complexity index is 1240. The molecular formula is C26H22N2O3S2. The maximum atomic E-state index is 13.7. The summed E-state index contributed by atoms with van der Waals surface area (Å²) in [5.74, 6) is 0.495. The van der Waals surface area contributed by atoms with Gasteiger partial charge in [-0.05, 0) is 54.0 Å². The number of phenolic OH excluding ortho intramolecular Hbond substituents is 1. The van der Waals surface area contributed by atoms with Gasteiger partial charge in [-0.15, -0.1) is 11.8 Å². The Hall–Kier alpha value is -2.64. The van der Waals surface area contributed by atoms with Crippen LogP contribution in [0.25, 0.3) is 0 Å². The van der Waals surface area contributed by atoms with Crippen molar-refractivity contribution in [1.29, 1.82) is 0 Å². The lowest BCUT2D eigenvalue weighted by Gasteiger charge is -2.43. The molecule has 0 unspecified atom stereocenters. The third-order valence-corrected chi connectivity index (χ3v) is 10.7. The summed E-state index contributed by atoms with van der Waals surface area (Å²) in [6.45, 7) is 4.13. The normalized spacial score (nSPS) is 36.2. The van der Waals surface area contributed by atoms with E-state index in [0.29, 0.717) is 5.69 Å². The van der Waals surface area contributed by atoms with Crippen molar-refractivity contribution in [2.45, 2.75) is 17.6 Å².